The van der Waals surface area contributed by atoms with Crippen molar-refractivity contribution < 1.29 is 7.77 Å². The molecule has 0 rings (SSSR count). The van der Waals surface area contributed by atoms with Crippen molar-refractivity contribution in [3.63, 3.8) is 0 Å². The molecule has 4 heteroatoms. The van der Waals surface area contributed by atoms with Crippen LogP contribution in [-0.4, -0.2) is 11.5 Å². The van der Waals surface area contributed by atoms with E-state index >= 15 is 0 Å². The summed E-state index contributed by atoms with van der Waals surface area (Å²) in [6, 6.07) is 1.58. The van der Waals surface area contributed by atoms with Gasteiger partial charge in [-0.2, -0.15) is 13.0 Å². The van der Waals surface area contributed by atoms with Gasteiger partial charge in [-0.05, 0) is 6.42 Å². The average Bonchev–Trinajstić information content (AvgIpc) is 1.65. The maximum Gasteiger partial charge on any atom is 0.128 e. The molecule has 0 aromatic heterocycles. The molecular weight excluding hydrogens is 144 g/mol. The van der Waals surface area contributed by atoms with Gasteiger partial charge < -0.3 is 0 Å². The van der Waals surface area contributed by atoms with Crippen molar-refractivity contribution in [2.45, 2.75) is 18.6 Å². The molecule has 0 radical (unpaired) electrons. The van der Waals surface area contributed by atoms with Gasteiger partial charge >= 0.3 is 0 Å². The summed E-state index contributed by atoms with van der Waals surface area (Å²) in [5.41, 5.74) is 0. The predicted molar refractivity (Wildman–Crippen MR) is 35.4 cm³/mol. The lowest BCUT2D eigenvalue weighted by molar-refractivity contribution is 0.724. The van der Waals surface area contributed by atoms with Crippen molar-refractivity contribution in [3.05, 3.63) is 0 Å². The maximum atomic E-state index is 12.2. The van der Waals surface area contributed by atoms with Crippen molar-refractivity contribution in [2.24, 2.45) is 0 Å². The Hall–Kier alpha value is -0.300. The monoisotopic (exact) mass is 153 g/mol. The van der Waals surface area contributed by atoms with Crippen LogP contribution in [0.2, 0.25) is 0 Å². The fraction of sp³-hybridized carbons (Fsp3) is 0.800. The van der Waals surface area contributed by atoms with Crippen molar-refractivity contribution in [2.75, 3.05) is 6.26 Å². The van der Waals surface area contributed by atoms with Gasteiger partial charge in [0.25, 0.3) is 0 Å². The lowest BCUT2D eigenvalue weighted by Crippen LogP contribution is -2.05. The van der Waals surface area contributed by atoms with Crippen LogP contribution in [0, 0.1) is 11.3 Å². The van der Waals surface area contributed by atoms with Crippen molar-refractivity contribution in [1.29, 1.82) is 5.26 Å². The van der Waals surface area contributed by atoms with E-state index in [1.54, 1.807) is 13.0 Å². The van der Waals surface area contributed by atoms with Crippen molar-refractivity contribution in [1.82, 2.24) is 0 Å². The molecule has 0 saturated heterocycles. The van der Waals surface area contributed by atoms with Crippen LogP contribution in [0.15, 0.2) is 0 Å². The third-order valence-corrected chi connectivity index (χ3v) is 2.45. The van der Waals surface area contributed by atoms with Gasteiger partial charge in [0.1, 0.15) is 5.25 Å². The Labute approximate surface area is 55.6 Å². The Bertz CT molecular complexity index is 124. The SMILES string of the molecule is CCC(C#N)S(C)(F)F. The van der Waals surface area contributed by atoms with Crippen molar-refractivity contribution in [3.8, 4) is 6.07 Å². The van der Waals surface area contributed by atoms with E-state index in [1.165, 1.54) is 0 Å². The van der Waals surface area contributed by atoms with Gasteiger partial charge in [-0.1, -0.05) is 6.92 Å². The van der Waals surface area contributed by atoms with Crippen LogP contribution in [-0.2, 0) is 0 Å². The highest BCUT2D eigenvalue weighted by molar-refractivity contribution is 8.25. The summed E-state index contributed by atoms with van der Waals surface area (Å²) >= 11 is 0. The second-order valence-corrected chi connectivity index (χ2v) is 3.94. The summed E-state index contributed by atoms with van der Waals surface area (Å²) in [6.45, 7) is 1.60. The van der Waals surface area contributed by atoms with E-state index in [1.807, 2.05) is 0 Å². The molecule has 0 aromatic rings. The largest absolute Gasteiger partial charge is 0.197 e. The first kappa shape index (κ1) is 8.70. The van der Waals surface area contributed by atoms with Gasteiger partial charge in [0.2, 0.25) is 0 Å². The molecular formula is C5H9F2NS. The van der Waals surface area contributed by atoms with Crippen LogP contribution < -0.4 is 0 Å². The van der Waals surface area contributed by atoms with Gasteiger partial charge in [0.15, 0.2) is 0 Å². The molecule has 0 spiro atoms. The molecule has 54 valence electrons. The normalized spacial score (nSPS) is 16.3. The van der Waals surface area contributed by atoms with E-state index in [9.17, 15) is 7.77 Å². The lowest BCUT2D eigenvalue weighted by Gasteiger charge is -2.18. The number of hydrogen-bond donors (Lipinski definition) is 0. The first-order valence-electron chi connectivity index (χ1n) is 2.58. The molecule has 0 aliphatic carbocycles. The number of nitriles is 1. The molecule has 0 aliphatic heterocycles. The van der Waals surface area contributed by atoms with Gasteiger partial charge in [0.05, 0.1) is 16.9 Å². The third-order valence-electron chi connectivity index (χ3n) is 1.01. The molecule has 1 unspecified atom stereocenters. The number of nitrogens with zero attached hydrogens (tertiary/aromatic N) is 1. The van der Waals surface area contributed by atoms with E-state index in [2.05, 4.69) is 0 Å². The molecule has 0 aliphatic rings. The van der Waals surface area contributed by atoms with Crippen LogP contribution in [0.4, 0.5) is 7.77 Å². The van der Waals surface area contributed by atoms with Crippen LogP contribution in [0.1, 0.15) is 13.3 Å². The fourth-order valence-corrected chi connectivity index (χ4v) is 1.25. The molecule has 9 heavy (non-hydrogen) atoms. The summed E-state index contributed by atoms with van der Waals surface area (Å²) in [5.74, 6) is 0. The molecule has 0 bridgehead atoms. The van der Waals surface area contributed by atoms with Gasteiger partial charge in [-0.25, -0.2) is 0 Å². The second kappa shape index (κ2) is 3.02. The van der Waals surface area contributed by atoms with Crippen LogP contribution >= 0.6 is 10.8 Å². The van der Waals surface area contributed by atoms with E-state index in [0.717, 1.165) is 6.26 Å². The van der Waals surface area contributed by atoms with Gasteiger partial charge in [-0.15, -0.1) is 0 Å². The minimum atomic E-state index is -3.63. The molecule has 1 atom stereocenters. The first-order valence-corrected chi connectivity index (χ1v) is 4.49. The van der Waals surface area contributed by atoms with Gasteiger partial charge in [-0.3, -0.25) is 0 Å². The second-order valence-electron chi connectivity index (χ2n) is 1.81. The smallest absolute Gasteiger partial charge is 0.128 e. The topological polar surface area (TPSA) is 23.8 Å². The molecule has 0 fully saturated rings. The van der Waals surface area contributed by atoms with E-state index in [0.29, 0.717) is 0 Å². The third kappa shape index (κ3) is 2.66. The Kier molecular flexibility index (Phi) is 2.92. The Morgan fingerprint density at radius 3 is 2.11 bits per heavy atom. The quantitative estimate of drug-likeness (QED) is 0.598. The zero-order chi connectivity index (χ0) is 7.49. The lowest BCUT2D eigenvalue weighted by atomic mass is 10.4. The summed E-state index contributed by atoms with van der Waals surface area (Å²) in [6.07, 6.45) is 1.10. The number of rotatable bonds is 2. The van der Waals surface area contributed by atoms with Gasteiger partial charge in [0, 0.05) is 6.26 Å². The van der Waals surface area contributed by atoms with Crippen LogP contribution in [0.5, 0.6) is 0 Å². The van der Waals surface area contributed by atoms with Crippen LogP contribution in [0.25, 0.3) is 0 Å². The summed E-state index contributed by atoms with van der Waals surface area (Å²) in [7, 11) is -3.63. The summed E-state index contributed by atoms with van der Waals surface area (Å²) in [5, 5.41) is 7.11. The molecule has 0 heterocycles. The predicted octanol–water partition coefficient (Wildman–Crippen LogP) is 2.49. The van der Waals surface area contributed by atoms with Crippen molar-refractivity contribution >= 4 is 10.8 Å². The first-order chi connectivity index (χ1) is 4.02. The molecule has 0 aromatic carbocycles. The summed E-state index contributed by atoms with van der Waals surface area (Å²) < 4.78 is 24.5. The van der Waals surface area contributed by atoms with Crippen LogP contribution in [0.3, 0.4) is 0 Å². The fourth-order valence-electron chi connectivity index (χ4n) is 0.476. The molecule has 0 N–H and O–H groups in total. The Morgan fingerprint density at radius 1 is 1.67 bits per heavy atom. The Morgan fingerprint density at radius 2 is 2.11 bits per heavy atom. The molecule has 0 amide bonds. The Balaban J connectivity index is 4.00. The molecule has 1 nitrogen and oxygen atoms in total. The average molecular weight is 153 g/mol. The van der Waals surface area contributed by atoms with E-state index < -0.39 is 16.0 Å². The zero-order valence-electron chi connectivity index (χ0n) is 5.40. The van der Waals surface area contributed by atoms with E-state index in [-0.39, 0.29) is 6.42 Å². The highest BCUT2D eigenvalue weighted by atomic mass is 32.3. The van der Waals surface area contributed by atoms with E-state index in [4.69, 9.17) is 5.26 Å². The number of halogens is 2. The highest BCUT2D eigenvalue weighted by Crippen LogP contribution is 2.53. The zero-order valence-corrected chi connectivity index (χ0v) is 6.21. The highest BCUT2D eigenvalue weighted by Gasteiger charge is 2.26. The minimum absolute atomic E-state index is 0.245. The molecule has 0 saturated carbocycles. The summed E-state index contributed by atoms with van der Waals surface area (Å²) in [4.78, 5) is 0. The minimum Gasteiger partial charge on any atom is -0.197 e. The number of hydrogen-bond acceptors (Lipinski definition) is 1. The standard InChI is InChI=1S/C5H9F2NS/c1-3-5(4-8)9(2,6)7/h5H,3H2,1-2H3. The maximum absolute atomic E-state index is 12.2.